The number of piperidine rings is 1. The minimum absolute atomic E-state index is 0.134. The van der Waals surface area contributed by atoms with Crippen LogP contribution in [0.3, 0.4) is 0 Å². The van der Waals surface area contributed by atoms with Gasteiger partial charge < -0.3 is 5.32 Å². The summed E-state index contributed by atoms with van der Waals surface area (Å²) in [5.74, 6) is 1.81. The zero-order valence-electron chi connectivity index (χ0n) is 13.7. The number of thioether (sulfide) groups is 1. The summed E-state index contributed by atoms with van der Waals surface area (Å²) in [5.41, 5.74) is 0.265. The molecule has 2 fully saturated rings. The molecule has 1 N–H and O–H groups in total. The summed E-state index contributed by atoms with van der Waals surface area (Å²) in [6.07, 6.45) is 4.71. The lowest BCUT2D eigenvalue weighted by atomic mass is 10.1. The number of nitrogens with one attached hydrogen (secondary N) is 1. The molecule has 5 nitrogen and oxygen atoms in total. The molecular formula is C17H24N2O3S2. The van der Waals surface area contributed by atoms with Crippen LogP contribution in [-0.2, 0) is 10.0 Å². The molecule has 1 amide bonds. The van der Waals surface area contributed by atoms with E-state index < -0.39 is 10.0 Å². The van der Waals surface area contributed by atoms with Crippen LogP contribution in [-0.4, -0.2) is 49.3 Å². The van der Waals surface area contributed by atoms with E-state index in [0.717, 1.165) is 43.6 Å². The average Bonchev–Trinajstić information content (AvgIpc) is 2.63. The maximum absolute atomic E-state index is 12.9. The second-order valence-corrected chi connectivity index (χ2v) is 9.45. The Bertz CT molecular complexity index is 679. The Morgan fingerprint density at radius 1 is 1.08 bits per heavy atom. The normalized spacial score (nSPS) is 20.7. The van der Waals surface area contributed by atoms with Gasteiger partial charge in [0, 0.05) is 19.1 Å². The van der Waals surface area contributed by atoms with E-state index in [1.54, 1.807) is 24.3 Å². The fraction of sp³-hybridized carbons (Fsp3) is 0.588. The molecule has 0 unspecified atom stereocenters. The topological polar surface area (TPSA) is 66.5 Å². The first kappa shape index (κ1) is 17.8. The molecule has 0 bridgehead atoms. The lowest BCUT2D eigenvalue weighted by Gasteiger charge is -2.27. The van der Waals surface area contributed by atoms with Gasteiger partial charge in [-0.05, 0) is 49.3 Å². The first-order chi connectivity index (χ1) is 11.6. The number of hydrogen-bond donors (Lipinski definition) is 1. The molecule has 1 aromatic rings. The Hall–Kier alpha value is -1.05. The third-order valence-corrected chi connectivity index (χ3v) is 7.63. The minimum atomic E-state index is -3.61. The molecule has 0 aliphatic carbocycles. The lowest BCUT2D eigenvalue weighted by molar-refractivity contribution is 0.0931. The Balaban J connectivity index is 1.82. The lowest BCUT2D eigenvalue weighted by Crippen LogP contribution is -2.39. The van der Waals surface area contributed by atoms with Gasteiger partial charge in [-0.1, -0.05) is 18.6 Å². The number of hydrogen-bond acceptors (Lipinski definition) is 4. The number of nitrogens with zero attached hydrogens (tertiary/aromatic N) is 1. The Morgan fingerprint density at radius 2 is 1.75 bits per heavy atom. The monoisotopic (exact) mass is 368 g/mol. The fourth-order valence-corrected chi connectivity index (χ4v) is 6.04. The predicted molar refractivity (Wildman–Crippen MR) is 96.9 cm³/mol. The van der Waals surface area contributed by atoms with Crippen molar-refractivity contribution in [3.8, 4) is 0 Å². The van der Waals surface area contributed by atoms with Gasteiger partial charge in [0.15, 0.2) is 0 Å². The van der Waals surface area contributed by atoms with Gasteiger partial charge in [0.25, 0.3) is 5.91 Å². The van der Waals surface area contributed by atoms with Crippen molar-refractivity contribution in [1.82, 2.24) is 9.62 Å². The highest BCUT2D eigenvalue weighted by atomic mass is 32.2. The number of amides is 1. The maximum Gasteiger partial charge on any atom is 0.252 e. The summed E-state index contributed by atoms with van der Waals surface area (Å²) in [5, 5.41) is 3.02. The number of carbonyl (C=O) groups excluding carboxylic acids is 1. The van der Waals surface area contributed by atoms with E-state index >= 15 is 0 Å². The van der Waals surface area contributed by atoms with Crippen molar-refractivity contribution in [3.05, 3.63) is 29.8 Å². The van der Waals surface area contributed by atoms with Gasteiger partial charge in [-0.3, -0.25) is 4.79 Å². The number of carbonyl (C=O) groups is 1. The first-order valence-corrected chi connectivity index (χ1v) is 11.2. The van der Waals surface area contributed by atoms with E-state index in [1.807, 2.05) is 11.8 Å². The first-order valence-electron chi connectivity index (χ1n) is 8.57. The number of sulfonamides is 1. The largest absolute Gasteiger partial charge is 0.349 e. The molecule has 0 atom stereocenters. The molecule has 0 spiro atoms. The molecule has 1 aromatic carbocycles. The average molecular weight is 369 g/mol. The van der Waals surface area contributed by atoms with E-state index in [4.69, 9.17) is 0 Å². The SMILES string of the molecule is O=C(NC1CCSCC1)c1ccccc1S(=O)(=O)N1CCCCC1. The van der Waals surface area contributed by atoms with Gasteiger partial charge in [-0.15, -0.1) is 0 Å². The second-order valence-electron chi connectivity index (χ2n) is 6.32. The van der Waals surface area contributed by atoms with Crippen LogP contribution in [0.1, 0.15) is 42.5 Å². The standard InChI is InChI=1S/C17H24N2O3S2/c20-17(18-14-8-12-23-13-9-14)15-6-2-3-7-16(15)24(21,22)19-10-4-1-5-11-19/h2-3,6-7,14H,1,4-5,8-13H2,(H,18,20). The van der Waals surface area contributed by atoms with Gasteiger partial charge in [-0.2, -0.15) is 16.1 Å². The van der Waals surface area contributed by atoms with Crippen LogP contribution in [0.25, 0.3) is 0 Å². The Kier molecular flexibility index (Phi) is 5.84. The van der Waals surface area contributed by atoms with Crippen LogP contribution in [0.5, 0.6) is 0 Å². The van der Waals surface area contributed by atoms with E-state index in [9.17, 15) is 13.2 Å². The third kappa shape index (κ3) is 3.95. The smallest absolute Gasteiger partial charge is 0.252 e. The van der Waals surface area contributed by atoms with Crippen molar-refractivity contribution in [2.45, 2.75) is 43.0 Å². The highest BCUT2D eigenvalue weighted by molar-refractivity contribution is 7.99. The van der Waals surface area contributed by atoms with Crippen LogP contribution < -0.4 is 5.32 Å². The summed E-state index contributed by atoms with van der Waals surface area (Å²) in [7, 11) is -3.61. The summed E-state index contributed by atoms with van der Waals surface area (Å²) in [4.78, 5) is 12.8. The highest BCUT2D eigenvalue weighted by Crippen LogP contribution is 2.24. The summed E-state index contributed by atoms with van der Waals surface area (Å²) < 4.78 is 27.4. The van der Waals surface area contributed by atoms with Gasteiger partial charge in [-0.25, -0.2) is 8.42 Å². The molecular weight excluding hydrogens is 344 g/mol. The second kappa shape index (κ2) is 7.89. The predicted octanol–water partition coefficient (Wildman–Crippen LogP) is 2.49. The van der Waals surface area contributed by atoms with Gasteiger partial charge in [0.05, 0.1) is 10.5 Å². The summed E-state index contributed by atoms with van der Waals surface area (Å²) in [6.45, 7) is 1.08. The third-order valence-electron chi connectivity index (χ3n) is 4.62. The molecule has 7 heteroatoms. The summed E-state index contributed by atoms with van der Waals surface area (Å²) in [6, 6.07) is 6.72. The minimum Gasteiger partial charge on any atom is -0.349 e. The van der Waals surface area contributed by atoms with Gasteiger partial charge >= 0.3 is 0 Å². The van der Waals surface area contributed by atoms with E-state index in [1.165, 1.54) is 4.31 Å². The Labute approximate surface area is 148 Å². The van der Waals surface area contributed by atoms with Crippen LogP contribution in [0.15, 0.2) is 29.2 Å². The molecule has 2 aliphatic rings. The van der Waals surface area contributed by atoms with Crippen LogP contribution in [0.2, 0.25) is 0 Å². The number of benzene rings is 1. The molecule has 0 aromatic heterocycles. The molecule has 132 valence electrons. The van der Waals surface area contributed by atoms with Crippen molar-refractivity contribution < 1.29 is 13.2 Å². The number of rotatable bonds is 4. The van der Waals surface area contributed by atoms with Crippen molar-refractivity contribution in [2.75, 3.05) is 24.6 Å². The molecule has 0 saturated carbocycles. The fourth-order valence-electron chi connectivity index (χ4n) is 3.23. The van der Waals surface area contributed by atoms with E-state index in [-0.39, 0.29) is 22.4 Å². The van der Waals surface area contributed by atoms with Gasteiger partial charge in [0.1, 0.15) is 0 Å². The van der Waals surface area contributed by atoms with E-state index in [2.05, 4.69) is 5.32 Å². The Morgan fingerprint density at radius 3 is 2.46 bits per heavy atom. The molecule has 24 heavy (non-hydrogen) atoms. The quantitative estimate of drug-likeness (QED) is 0.887. The van der Waals surface area contributed by atoms with Crippen LogP contribution >= 0.6 is 11.8 Å². The van der Waals surface area contributed by atoms with Crippen LogP contribution in [0, 0.1) is 0 Å². The molecule has 3 rings (SSSR count). The maximum atomic E-state index is 12.9. The summed E-state index contributed by atoms with van der Waals surface area (Å²) >= 11 is 1.89. The van der Waals surface area contributed by atoms with E-state index in [0.29, 0.717) is 13.1 Å². The van der Waals surface area contributed by atoms with Crippen molar-refractivity contribution in [2.24, 2.45) is 0 Å². The molecule has 2 aliphatic heterocycles. The molecule has 0 radical (unpaired) electrons. The zero-order valence-corrected chi connectivity index (χ0v) is 15.4. The molecule has 2 heterocycles. The zero-order chi connectivity index (χ0) is 17.0. The molecule has 2 saturated heterocycles. The highest BCUT2D eigenvalue weighted by Gasteiger charge is 2.30. The van der Waals surface area contributed by atoms with Gasteiger partial charge in [0.2, 0.25) is 10.0 Å². The van der Waals surface area contributed by atoms with Crippen molar-refractivity contribution in [3.63, 3.8) is 0 Å². The van der Waals surface area contributed by atoms with Crippen molar-refractivity contribution >= 4 is 27.7 Å². The van der Waals surface area contributed by atoms with Crippen molar-refractivity contribution in [1.29, 1.82) is 0 Å². The van der Waals surface area contributed by atoms with Crippen LogP contribution in [0.4, 0.5) is 0 Å².